The molecule has 1 saturated carbocycles. The molecule has 2 aromatic rings. The van der Waals surface area contributed by atoms with E-state index in [1.54, 1.807) is 7.11 Å². The number of hydrogen-bond acceptors (Lipinski definition) is 5. The summed E-state index contributed by atoms with van der Waals surface area (Å²) >= 11 is 0. The number of fused-ring (bicyclic) bond motifs is 2. The molecular formula is C22H26N2O3. The number of hydrogen-bond donors (Lipinski definition) is 0. The first-order valence-corrected chi connectivity index (χ1v) is 9.42. The maximum atomic E-state index is 6.49. The lowest BCUT2D eigenvalue weighted by atomic mass is 9.95. The smallest absolute Gasteiger partial charge is 0.143 e. The molecule has 0 radical (unpaired) electrons. The van der Waals surface area contributed by atoms with Crippen LogP contribution < -0.4 is 9.47 Å². The summed E-state index contributed by atoms with van der Waals surface area (Å²) in [6.45, 7) is 1.57. The van der Waals surface area contributed by atoms with Gasteiger partial charge in [0.2, 0.25) is 0 Å². The predicted molar refractivity (Wildman–Crippen MR) is 106 cm³/mol. The first kappa shape index (κ1) is 17.9. The normalized spacial score (nSPS) is 24.1. The van der Waals surface area contributed by atoms with Crippen molar-refractivity contribution >= 4 is 5.71 Å². The monoisotopic (exact) mass is 366 g/mol. The van der Waals surface area contributed by atoms with E-state index in [-0.39, 0.29) is 11.5 Å². The van der Waals surface area contributed by atoms with Crippen LogP contribution in [0, 0.1) is 5.92 Å². The Morgan fingerprint density at radius 1 is 1.15 bits per heavy atom. The number of rotatable bonds is 7. The van der Waals surface area contributed by atoms with Gasteiger partial charge >= 0.3 is 0 Å². The fraction of sp³-hybridized carbons (Fsp3) is 0.409. The SMILES string of the molecule is COc1cccc2c1C(=NOCCCN(C)C)C1CC1(c1ccccc1)O2. The summed E-state index contributed by atoms with van der Waals surface area (Å²) in [6, 6.07) is 16.3. The summed E-state index contributed by atoms with van der Waals surface area (Å²) in [7, 11) is 5.80. The molecule has 142 valence electrons. The minimum absolute atomic E-state index is 0.178. The van der Waals surface area contributed by atoms with Gasteiger partial charge in [-0.05, 0) is 38.2 Å². The lowest BCUT2D eigenvalue weighted by molar-refractivity contribution is 0.129. The Balaban J connectivity index is 1.65. The molecule has 1 aliphatic carbocycles. The van der Waals surface area contributed by atoms with Gasteiger partial charge in [0.1, 0.15) is 29.4 Å². The van der Waals surface area contributed by atoms with Crippen LogP contribution >= 0.6 is 0 Å². The fourth-order valence-corrected chi connectivity index (χ4v) is 3.83. The van der Waals surface area contributed by atoms with Crippen LogP contribution in [0.1, 0.15) is 24.0 Å². The number of ether oxygens (including phenoxy) is 2. The van der Waals surface area contributed by atoms with Gasteiger partial charge in [0.15, 0.2) is 0 Å². The van der Waals surface area contributed by atoms with E-state index in [4.69, 9.17) is 14.3 Å². The van der Waals surface area contributed by atoms with Gasteiger partial charge in [-0.3, -0.25) is 0 Å². The van der Waals surface area contributed by atoms with Gasteiger partial charge in [0, 0.05) is 13.0 Å². The van der Waals surface area contributed by atoms with Crippen molar-refractivity contribution < 1.29 is 14.3 Å². The Morgan fingerprint density at radius 3 is 2.70 bits per heavy atom. The third kappa shape index (κ3) is 3.28. The minimum Gasteiger partial charge on any atom is -0.496 e. The van der Waals surface area contributed by atoms with E-state index in [1.165, 1.54) is 5.56 Å². The Bertz CT molecular complexity index is 835. The maximum Gasteiger partial charge on any atom is 0.143 e. The van der Waals surface area contributed by atoms with Crippen molar-refractivity contribution in [1.29, 1.82) is 0 Å². The summed E-state index contributed by atoms with van der Waals surface area (Å²) in [4.78, 5) is 7.85. The molecule has 4 rings (SSSR count). The van der Waals surface area contributed by atoms with Crippen molar-refractivity contribution in [2.45, 2.75) is 18.4 Å². The van der Waals surface area contributed by atoms with Crippen LogP contribution in [0.5, 0.6) is 11.5 Å². The maximum absolute atomic E-state index is 6.49. The molecule has 0 spiro atoms. The van der Waals surface area contributed by atoms with Crippen LogP contribution in [0.4, 0.5) is 0 Å². The summed E-state index contributed by atoms with van der Waals surface area (Å²) < 4.78 is 12.1. The molecule has 2 unspecified atom stereocenters. The second-order valence-electron chi connectivity index (χ2n) is 7.41. The second kappa shape index (κ2) is 7.24. The zero-order valence-corrected chi connectivity index (χ0v) is 16.1. The first-order chi connectivity index (χ1) is 13.2. The number of nitrogens with zero attached hydrogens (tertiary/aromatic N) is 2. The van der Waals surface area contributed by atoms with Crippen LogP contribution in [0.2, 0.25) is 0 Å². The highest BCUT2D eigenvalue weighted by atomic mass is 16.6. The average Bonchev–Trinajstić information content (AvgIpc) is 3.42. The molecule has 1 heterocycles. The number of oxime groups is 1. The quantitative estimate of drug-likeness (QED) is 0.554. The van der Waals surface area contributed by atoms with E-state index in [9.17, 15) is 0 Å². The third-order valence-corrected chi connectivity index (χ3v) is 5.26. The van der Waals surface area contributed by atoms with E-state index in [1.807, 2.05) is 24.3 Å². The highest BCUT2D eigenvalue weighted by Gasteiger charge is 2.64. The van der Waals surface area contributed by atoms with Crippen molar-refractivity contribution in [2.75, 3.05) is 34.4 Å². The Kier molecular flexibility index (Phi) is 4.79. The van der Waals surface area contributed by atoms with E-state index >= 15 is 0 Å². The summed E-state index contributed by atoms with van der Waals surface area (Å²) in [6.07, 6.45) is 1.84. The highest BCUT2D eigenvalue weighted by molar-refractivity contribution is 6.10. The zero-order valence-electron chi connectivity index (χ0n) is 16.1. The van der Waals surface area contributed by atoms with E-state index in [2.05, 4.69) is 48.4 Å². The molecule has 0 amide bonds. The predicted octanol–water partition coefficient (Wildman–Crippen LogP) is 3.68. The van der Waals surface area contributed by atoms with Crippen LogP contribution in [-0.2, 0) is 10.4 Å². The average molecular weight is 366 g/mol. The zero-order chi connectivity index (χ0) is 18.9. The Morgan fingerprint density at radius 2 is 1.96 bits per heavy atom. The molecule has 27 heavy (non-hydrogen) atoms. The third-order valence-electron chi connectivity index (χ3n) is 5.26. The van der Waals surface area contributed by atoms with Gasteiger partial charge in [-0.25, -0.2) is 0 Å². The molecule has 0 saturated heterocycles. The van der Waals surface area contributed by atoms with Crippen LogP contribution in [0.25, 0.3) is 0 Å². The van der Waals surface area contributed by atoms with E-state index in [0.717, 1.165) is 42.2 Å². The second-order valence-corrected chi connectivity index (χ2v) is 7.41. The molecular weight excluding hydrogens is 340 g/mol. The van der Waals surface area contributed by atoms with Gasteiger partial charge in [0.05, 0.1) is 18.6 Å². The van der Waals surface area contributed by atoms with E-state index in [0.29, 0.717) is 6.61 Å². The van der Waals surface area contributed by atoms with Gasteiger partial charge in [0.25, 0.3) is 0 Å². The standard InChI is InChI=1S/C22H26N2O3/c1-24(2)13-8-14-26-23-21-17-15-22(17,16-9-5-4-6-10-16)27-19-12-7-11-18(25-3)20(19)21/h4-7,9-12,17H,8,13-15H2,1-3H3. The summed E-state index contributed by atoms with van der Waals surface area (Å²) in [5, 5.41) is 4.56. The summed E-state index contributed by atoms with van der Waals surface area (Å²) in [5.74, 6) is 1.76. The van der Waals surface area contributed by atoms with Gasteiger partial charge in [-0.2, -0.15) is 0 Å². The van der Waals surface area contributed by atoms with Gasteiger partial charge in [-0.1, -0.05) is 41.6 Å². The molecule has 5 nitrogen and oxygen atoms in total. The van der Waals surface area contributed by atoms with Crippen LogP contribution in [0.3, 0.4) is 0 Å². The largest absolute Gasteiger partial charge is 0.496 e. The Hall–Kier alpha value is -2.53. The van der Waals surface area contributed by atoms with Crippen molar-refractivity contribution in [3.63, 3.8) is 0 Å². The van der Waals surface area contributed by atoms with Crippen LogP contribution in [0.15, 0.2) is 53.7 Å². The lowest BCUT2D eigenvalue weighted by Gasteiger charge is -2.28. The van der Waals surface area contributed by atoms with Gasteiger partial charge in [-0.15, -0.1) is 0 Å². The molecule has 2 atom stereocenters. The number of benzene rings is 2. The molecule has 0 aromatic heterocycles. The lowest BCUT2D eigenvalue weighted by Crippen LogP contribution is -2.29. The van der Waals surface area contributed by atoms with Crippen LogP contribution in [-0.4, -0.2) is 45.0 Å². The molecule has 2 aromatic carbocycles. The first-order valence-electron chi connectivity index (χ1n) is 9.42. The summed E-state index contributed by atoms with van der Waals surface area (Å²) in [5.41, 5.74) is 2.69. The van der Waals surface area contributed by atoms with Crippen molar-refractivity contribution in [3.8, 4) is 11.5 Å². The molecule has 0 bridgehead atoms. The highest BCUT2D eigenvalue weighted by Crippen LogP contribution is 2.61. The minimum atomic E-state index is -0.341. The number of methoxy groups -OCH3 is 1. The molecule has 5 heteroatoms. The molecule has 1 fully saturated rings. The van der Waals surface area contributed by atoms with E-state index < -0.39 is 0 Å². The van der Waals surface area contributed by atoms with Crippen molar-refractivity contribution in [3.05, 3.63) is 59.7 Å². The topological polar surface area (TPSA) is 43.3 Å². The van der Waals surface area contributed by atoms with Gasteiger partial charge < -0.3 is 19.2 Å². The molecule has 1 aliphatic heterocycles. The van der Waals surface area contributed by atoms with Crippen molar-refractivity contribution in [2.24, 2.45) is 11.1 Å². The fourth-order valence-electron chi connectivity index (χ4n) is 3.83. The molecule has 2 aliphatic rings. The Labute approximate surface area is 160 Å². The van der Waals surface area contributed by atoms with Crippen molar-refractivity contribution in [1.82, 2.24) is 4.90 Å². The molecule has 0 N–H and O–H groups in total.